The first-order chi connectivity index (χ1) is 8.47. The van der Waals surface area contributed by atoms with Crippen molar-refractivity contribution >= 4 is 5.69 Å². The van der Waals surface area contributed by atoms with E-state index >= 15 is 0 Å². The number of rotatable bonds is 2. The summed E-state index contributed by atoms with van der Waals surface area (Å²) in [6, 6.07) is 0. The molecule has 1 aromatic heterocycles. The highest BCUT2D eigenvalue weighted by Gasteiger charge is 2.28. The van der Waals surface area contributed by atoms with E-state index in [0.717, 1.165) is 7.05 Å². The van der Waals surface area contributed by atoms with Crippen LogP contribution in [0.15, 0.2) is 4.52 Å². The highest BCUT2D eigenvalue weighted by Crippen LogP contribution is 2.33. The van der Waals surface area contributed by atoms with Crippen LogP contribution in [0.1, 0.15) is 5.82 Å². The number of halogens is 4. The number of hydrogen-bond acceptors (Lipinski definition) is 4. The second kappa shape index (κ2) is 4.28. The van der Waals surface area contributed by atoms with Crippen LogP contribution in [0.25, 0.3) is 11.5 Å². The Balaban J connectivity index is 2.76. The van der Waals surface area contributed by atoms with Crippen LogP contribution in [0.3, 0.4) is 0 Å². The third-order valence-electron chi connectivity index (χ3n) is 2.25. The van der Waals surface area contributed by atoms with Crippen LogP contribution >= 0.6 is 0 Å². The smallest absolute Gasteiger partial charge is 0.264 e. The Morgan fingerprint density at radius 2 is 1.56 bits per heavy atom. The molecule has 1 heterocycles. The van der Waals surface area contributed by atoms with Crippen molar-refractivity contribution in [3.8, 4) is 11.5 Å². The summed E-state index contributed by atoms with van der Waals surface area (Å²) >= 11 is 0. The van der Waals surface area contributed by atoms with E-state index in [1.54, 1.807) is 0 Å². The molecule has 2 rings (SSSR count). The lowest BCUT2D eigenvalue weighted by atomic mass is 10.1. The van der Waals surface area contributed by atoms with Crippen LogP contribution in [0, 0.1) is 30.2 Å². The zero-order valence-electron chi connectivity index (χ0n) is 9.31. The minimum Gasteiger partial charge on any atom is -0.383 e. The molecular formula is C10H7F4N3O. The van der Waals surface area contributed by atoms with Gasteiger partial charge in [-0.1, -0.05) is 5.16 Å². The van der Waals surface area contributed by atoms with Crippen molar-refractivity contribution in [3.05, 3.63) is 29.1 Å². The Kier molecular flexibility index (Phi) is 2.93. The summed E-state index contributed by atoms with van der Waals surface area (Å²) in [5.74, 6) is -6.83. The van der Waals surface area contributed by atoms with Crippen molar-refractivity contribution in [2.24, 2.45) is 0 Å². The molecule has 0 aliphatic rings. The lowest BCUT2D eigenvalue weighted by Gasteiger charge is -2.08. The molecular weight excluding hydrogens is 254 g/mol. The molecule has 0 unspecified atom stereocenters. The number of hydrogen-bond donors (Lipinski definition) is 1. The van der Waals surface area contributed by atoms with Crippen molar-refractivity contribution in [2.45, 2.75) is 6.92 Å². The first kappa shape index (κ1) is 12.3. The monoisotopic (exact) mass is 261 g/mol. The summed E-state index contributed by atoms with van der Waals surface area (Å²) in [5, 5.41) is 5.33. The maximum atomic E-state index is 13.6. The van der Waals surface area contributed by atoms with Gasteiger partial charge in [-0.05, 0) is 6.92 Å². The van der Waals surface area contributed by atoms with E-state index in [9.17, 15) is 17.6 Å². The number of nitrogens with one attached hydrogen (secondary N) is 1. The van der Waals surface area contributed by atoms with Crippen molar-refractivity contribution in [1.82, 2.24) is 10.1 Å². The SMILES string of the molecule is CNc1c(F)c(F)c(-c2nc(C)no2)c(F)c1F. The van der Waals surface area contributed by atoms with E-state index in [4.69, 9.17) is 0 Å². The van der Waals surface area contributed by atoms with Gasteiger partial charge in [0.2, 0.25) is 0 Å². The van der Waals surface area contributed by atoms with Crippen LogP contribution in [-0.2, 0) is 0 Å². The normalized spacial score (nSPS) is 10.8. The Labute approximate surface area is 98.6 Å². The van der Waals surface area contributed by atoms with Crippen LogP contribution in [0.4, 0.5) is 23.2 Å². The topological polar surface area (TPSA) is 51.0 Å². The van der Waals surface area contributed by atoms with Gasteiger partial charge in [0.1, 0.15) is 11.3 Å². The molecule has 0 fully saturated rings. The van der Waals surface area contributed by atoms with E-state index in [-0.39, 0.29) is 5.82 Å². The maximum absolute atomic E-state index is 13.6. The average Bonchev–Trinajstić information content (AvgIpc) is 2.74. The molecule has 0 amide bonds. The Hall–Kier alpha value is -2.12. The molecule has 0 radical (unpaired) electrons. The number of benzene rings is 1. The fourth-order valence-electron chi connectivity index (χ4n) is 1.44. The summed E-state index contributed by atoms with van der Waals surface area (Å²) in [6.07, 6.45) is 0. The van der Waals surface area contributed by atoms with Gasteiger partial charge >= 0.3 is 0 Å². The minimum atomic E-state index is -1.60. The first-order valence-corrected chi connectivity index (χ1v) is 4.81. The molecule has 1 N–H and O–H groups in total. The van der Waals surface area contributed by atoms with Gasteiger partial charge in [0.05, 0.1) is 0 Å². The number of anilines is 1. The van der Waals surface area contributed by atoms with Crippen LogP contribution in [-0.4, -0.2) is 17.2 Å². The van der Waals surface area contributed by atoms with Crippen LogP contribution in [0.5, 0.6) is 0 Å². The lowest BCUT2D eigenvalue weighted by Crippen LogP contribution is -2.06. The third-order valence-corrected chi connectivity index (χ3v) is 2.25. The zero-order valence-corrected chi connectivity index (χ0v) is 9.31. The van der Waals surface area contributed by atoms with E-state index in [0.29, 0.717) is 0 Å². The Morgan fingerprint density at radius 1 is 1.00 bits per heavy atom. The molecule has 0 bridgehead atoms. The summed E-state index contributed by atoms with van der Waals surface area (Å²) < 4.78 is 58.7. The maximum Gasteiger partial charge on any atom is 0.264 e. The first-order valence-electron chi connectivity index (χ1n) is 4.81. The van der Waals surface area contributed by atoms with Crippen molar-refractivity contribution in [3.63, 3.8) is 0 Å². The molecule has 0 aliphatic heterocycles. The van der Waals surface area contributed by atoms with Crippen molar-refractivity contribution < 1.29 is 22.1 Å². The van der Waals surface area contributed by atoms with Crippen molar-refractivity contribution in [2.75, 3.05) is 12.4 Å². The molecule has 0 spiro atoms. The second-order valence-corrected chi connectivity index (χ2v) is 3.40. The van der Waals surface area contributed by atoms with Crippen LogP contribution in [0.2, 0.25) is 0 Å². The molecule has 96 valence electrons. The van der Waals surface area contributed by atoms with Gasteiger partial charge in [0.25, 0.3) is 5.89 Å². The van der Waals surface area contributed by atoms with Gasteiger partial charge in [0.15, 0.2) is 29.1 Å². The van der Waals surface area contributed by atoms with E-state index in [1.807, 2.05) is 5.32 Å². The average molecular weight is 261 g/mol. The van der Waals surface area contributed by atoms with E-state index in [2.05, 4.69) is 14.7 Å². The third kappa shape index (κ3) is 1.69. The fourth-order valence-corrected chi connectivity index (χ4v) is 1.44. The van der Waals surface area contributed by atoms with Gasteiger partial charge in [-0.3, -0.25) is 0 Å². The molecule has 0 aliphatic carbocycles. The van der Waals surface area contributed by atoms with Gasteiger partial charge in [-0.25, -0.2) is 17.6 Å². The fraction of sp³-hybridized carbons (Fsp3) is 0.200. The predicted octanol–water partition coefficient (Wildman–Crippen LogP) is 2.64. The second-order valence-electron chi connectivity index (χ2n) is 3.40. The van der Waals surface area contributed by atoms with Gasteiger partial charge in [-0.2, -0.15) is 4.98 Å². The van der Waals surface area contributed by atoms with Gasteiger partial charge < -0.3 is 9.84 Å². The summed E-state index contributed by atoms with van der Waals surface area (Å²) in [6.45, 7) is 1.40. The molecule has 8 heteroatoms. The van der Waals surface area contributed by atoms with E-state index in [1.165, 1.54) is 6.92 Å². The number of aryl methyl sites for hydroxylation is 1. The molecule has 0 saturated heterocycles. The molecule has 0 atom stereocenters. The zero-order chi connectivity index (χ0) is 13.4. The minimum absolute atomic E-state index is 0.0855. The summed E-state index contributed by atoms with van der Waals surface area (Å²) in [7, 11) is 1.14. The molecule has 4 nitrogen and oxygen atoms in total. The number of aromatic nitrogens is 2. The van der Waals surface area contributed by atoms with Gasteiger partial charge in [0, 0.05) is 7.05 Å². The molecule has 0 saturated carbocycles. The number of nitrogens with zero attached hydrogens (tertiary/aromatic N) is 2. The van der Waals surface area contributed by atoms with Gasteiger partial charge in [-0.15, -0.1) is 0 Å². The molecule has 18 heavy (non-hydrogen) atoms. The Bertz CT molecular complexity index is 582. The van der Waals surface area contributed by atoms with E-state index < -0.39 is 40.4 Å². The summed E-state index contributed by atoms with van der Waals surface area (Å²) in [4.78, 5) is 3.53. The largest absolute Gasteiger partial charge is 0.383 e. The standard InChI is InChI=1S/C10H7F4N3O/c1-3-16-10(18-17-3)4-5(11)7(13)9(15-2)8(14)6(4)12/h15H,1-2H3. The molecule has 2 aromatic rings. The van der Waals surface area contributed by atoms with Crippen LogP contribution < -0.4 is 5.32 Å². The lowest BCUT2D eigenvalue weighted by molar-refractivity contribution is 0.411. The molecule has 1 aromatic carbocycles. The summed E-state index contributed by atoms with van der Waals surface area (Å²) in [5.41, 5.74) is -1.92. The quantitative estimate of drug-likeness (QED) is 0.667. The Morgan fingerprint density at radius 3 is 1.94 bits per heavy atom. The van der Waals surface area contributed by atoms with Crippen molar-refractivity contribution in [1.29, 1.82) is 0 Å². The predicted molar refractivity (Wildman–Crippen MR) is 53.8 cm³/mol. The highest BCUT2D eigenvalue weighted by molar-refractivity contribution is 5.62. The highest BCUT2D eigenvalue weighted by atomic mass is 19.2.